The minimum Gasteiger partial charge on any atom is -1.00 e. The predicted octanol–water partition coefficient (Wildman–Crippen LogP) is 8.15. The first kappa shape index (κ1) is 41.5. The maximum atomic E-state index is 2.37. The summed E-state index contributed by atoms with van der Waals surface area (Å²) in [4.78, 5) is 0. The van der Waals surface area contributed by atoms with Crippen LogP contribution < -0.4 is 24.8 Å². The van der Waals surface area contributed by atoms with Crippen molar-refractivity contribution in [2.75, 3.05) is 0 Å². The number of benzene rings is 6. The van der Waals surface area contributed by atoms with Crippen LogP contribution in [0.3, 0.4) is 0 Å². The van der Waals surface area contributed by atoms with E-state index in [9.17, 15) is 0 Å². The van der Waals surface area contributed by atoms with Gasteiger partial charge in [-0.3, -0.25) is 0 Å². The third-order valence-electron chi connectivity index (χ3n) is 9.39. The monoisotopic (exact) mass is 812 g/mol. The number of hydrogen-bond donors (Lipinski definition) is 0. The molecule has 0 nitrogen and oxygen atoms in total. The van der Waals surface area contributed by atoms with Crippen molar-refractivity contribution in [3.8, 4) is 22.3 Å². The Kier molecular flexibility index (Phi) is 13.8. The van der Waals surface area contributed by atoms with Gasteiger partial charge in [0.25, 0.3) is 0 Å². The normalized spacial score (nSPS) is 11.3. The van der Waals surface area contributed by atoms with E-state index in [1.165, 1.54) is 76.5 Å². The molecular weight excluding hydrogens is 767 g/mol. The maximum Gasteiger partial charge on any atom is -1.00 e. The molecule has 0 radical (unpaired) electrons. The van der Waals surface area contributed by atoms with Crippen LogP contribution in [0.25, 0.3) is 65.3 Å². The minimum absolute atomic E-state index is 0. The van der Waals surface area contributed by atoms with Gasteiger partial charge in [0.05, 0.1) is 0 Å². The summed E-state index contributed by atoms with van der Waals surface area (Å²) in [6, 6.07) is 53.1. The molecule has 4 heteroatoms. The Morgan fingerprint density at radius 2 is 0.712 bits per heavy atom. The summed E-state index contributed by atoms with van der Waals surface area (Å²) in [5.74, 6) is 0. The van der Waals surface area contributed by atoms with Gasteiger partial charge in [0.15, 0.2) is 0 Å². The Bertz CT molecular complexity index is 2270. The van der Waals surface area contributed by atoms with E-state index in [4.69, 9.17) is 0 Å². The van der Waals surface area contributed by atoms with Gasteiger partial charge in [-0.25, -0.2) is 0 Å². The number of hydrogen-bond acceptors (Lipinski definition) is 0. The summed E-state index contributed by atoms with van der Waals surface area (Å²) in [6.07, 6.45) is 0. The zero-order valence-corrected chi connectivity index (χ0v) is 36.6. The summed E-state index contributed by atoms with van der Waals surface area (Å²) in [6.45, 7) is 18.3. The number of fused-ring (bicyclic) bond motifs is 4. The first-order valence-electron chi connectivity index (χ1n) is 17.7. The Morgan fingerprint density at radius 3 is 1.06 bits per heavy atom. The largest absolute Gasteiger partial charge is 1.00 e. The van der Waals surface area contributed by atoms with Gasteiger partial charge in [0.2, 0.25) is 0 Å². The molecule has 0 N–H and O–H groups in total. The van der Waals surface area contributed by atoms with E-state index < -0.39 is 0 Å². The summed E-state index contributed by atoms with van der Waals surface area (Å²) in [7, 11) is 0. The molecule has 0 spiro atoms. The van der Waals surface area contributed by atoms with Crippen molar-refractivity contribution < 1.29 is 48.1 Å². The van der Waals surface area contributed by atoms with Crippen LogP contribution in [0.5, 0.6) is 0 Å². The molecule has 52 heavy (non-hydrogen) atoms. The summed E-state index contributed by atoms with van der Waals surface area (Å²) in [5.41, 5.74) is 8.66. The van der Waals surface area contributed by atoms with E-state index >= 15 is 0 Å². The fourth-order valence-electron chi connectivity index (χ4n) is 6.73. The number of rotatable bonds is 2. The fraction of sp³-hybridized carbons (Fsp3) is 0.208. The van der Waals surface area contributed by atoms with Gasteiger partial charge in [-0.2, -0.15) is 12.1 Å². The number of halogens is 2. The second-order valence-electron chi connectivity index (χ2n) is 15.7. The van der Waals surface area contributed by atoms with E-state index in [0.717, 1.165) is 0 Å². The van der Waals surface area contributed by atoms with Crippen molar-refractivity contribution in [2.24, 2.45) is 0 Å². The van der Waals surface area contributed by atoms with Crippen LogP contribution in [0, 0.1) is 0 Å². The van der Waals surface area contributed by atoms with Crippen LogP contribution in [0.1, 0.15) is 52.7 Å². The topological polar surface area (TPSA) is 0 Å². The van der Waals surface area contributed by atoms with Crippen LogP contribution in [0.15, 0.2) is 146 Å². The summed E-state index contributed by atoms with van der Waals surface area (Å²) < 4.78 is 0. The van der Waals surface area contributed by atoms with Gasteiger partial charge in [-0.15, -0.1) is 69.1 Å². The molecule has 0 atom stereocenters. The average Bonchev–Trinajstić information content (AvgIpc) is 3.74. The van der Waals surface area contributed by atoms with Crippen molar-refractivity contribution in [3.63, 3.8) is 0 Å². The zero-order chi connectivity index (χ0) is 35.6. The standard InChI is InChI=1S/2C23H21.C2H6Si.2ClH.Zr/c2*1-23(2,3)18-14-17-10-7-13-21(22(17)15-18)20-12-6-9-16-8-4-5-11-19(16)20;1-3-2;;;/h2*4-15H,1-3H3;1-2H3;2*1H;/q2*-1;;;;+2/p-2. The molecule has 264 valence electrons. The van der Waals surface area contributed by atoms with Gasteiger partial charge in [-0.05, 0) is 43.5 Å². The molecule has 0 aromatic heterocycles. The maximum absolute atomic E-state index is 2.37. The second-order valence-corrected chi connectivity index (χ2v) is 25.0. The Hall–Kier alpha value is -3.26. The molecule has 0 fully saturated rings. The molecule has 0 saturated heterocycles. The molecule has 0 unspecified atom stereocenters. The van der Waals surface area contributed by atoms with Crippen LogP contribution in [-0.4, -0.2) is 5.43 Å². The van der Waals surface area contributed by atoms with E-state index in [0.29, 0.717) is 0 Å². The zero-order valence-electron chi connectivity index (χ0n) is 31.6. The molecular formula is C48H48Cl2SiZr-2. The Balaban J connectivity index is 0.000000204. The van der Waals surface area contributed by atoms with Crippen LogP contribution in [0.2, 0.25) is 13.1 Å². The molecule has 0 saturated carbocycles. The second kappa shape index (κ2) is 17.3. The predicted molar refractivity (Wildman–Crippen MR) is 220 cm³/mol. The quantitative estimate of drug-likeness (QED) is 0.122. The van der Waals surface area contributed by atoms with Crippen LogP contribution in [-0.2, 0) is 34.2 Å². The molecule has 0 aliphatic carbocycles. The van der Waals surface area contributed by atoms with Crippen LogP contribution >= 0.6 is 0 Å². The van der Waals surface area contributed by atoms with E-state index in [2.05, 4.69) is 200 Å². The van der Waals surface area contributed by atoms with E-state index in [-0.39, 0.29) is 41.1 Å². The van der Waals surface area contributed by atoms with Crippen molar-refractivity contribution in [1.29, 1.82) is 0 Å². The van der Waals surface area contributed by atoms with E-state index in [1.54, 1.807) is 23.3 Å². The van der Waals surface area contributed by atoms with Gasteiger partial charge in [-0.1, -0.05) is 150 Å². The van der Waals surface area contributed by atoms with E-state index in [1.807, 2.05) is 0 Å². The van der Waals surface area contributed by atoms with Gasteiger partial charge in [0.1, 0.15) is 0 Å². The smallest absolute Gasteiger partial charge is 1.00 e. The van der Waals surface area contributed by atoms with Crippen LogP contribution in [0.4, 0.5) is 0 Å². The first-order valence-corrected chi connectivity index (χ1v) is 23.9. The van der Waals surface area contributed by atoms with Crippen molar-refractivity contribution in [2.45, 2.75) is 65.5 Å². The average molecular weight is 815 g/mol. The molecule has 0 bridgehead atoms. The molecule has 0 aliphatic rings. The van der Waals surface area contributed by atoms with Gasteiger partial charge < -0.3 is 24.8 Å². The van der Waals surface area contributed by atoms with Crippen molar-refractivity contribution >= 4 is 48.5 Å². The molecule has 0 amide bonds. The molecule has 0 aliphatic heterocycles. The molecule has 8 aromatic rings. The SMILES string of the molecule is CC(C)(C)c1cc2c(-c3cccc4ccccc34)cccc2[cH-]1.CC(C)(C)c1cc2c(-c3cccc4ccccc34)cccc2[cH-]1.C[Si](C)=[Zr+2].[Cl-].[Cl-]. The molecule has 0 heterocycles. The van der Waals surface area contributed by atoms with Gasteiger partial charge >= 0.3 is 41.9 Å². The van der Waals surface area contributed by atoms with Crippen molar-refractivity contribution in [3.05, 3.63) is 157 Å². The summed E-state index contributed by atoms with van der Waals surface area (Å²) >= 11 is 1.74. The third kappa shape index (κ3) is 9.26. The minimum atomic E-state index is 0. The first-order chi connectivity index (χ1) is 23.8. The summed E-state index contributed by atoms with van der Waals surface area (Å²) in [5, 5.41) is 10.6. The third-order valence-corrected chi connectivity index (χ3v) is 9.39. The molecule has 8 rings (SSSR count). The molecule has 8 aromatic carbocycles. The van der Waals surface area contributed by atoms with Gasteiger partial charge in [0, 0.05) is 0 Å². The Morgan fingerprint density at radius 1 is 0.423 bits per heavy atom. The Labute approximate surface area is 338 Å². The fourth-order valence-corrected chi connectivity index (χ4v) is 6.73. The van der Waals surface area contributed by atoms with Crippen molar-refractivity contribution in [1.82, 2.24) is 0 Å².